The molecule has 1 aliphatic rings. The van der Waals surface area contributed by atoms with Gasteiger partial charge >= 0.3 is 0 Å². The van der Waals surface area contributed by atoms with Gasteiger partial charge in [-0.15, -0.1) is 5.10 Å². The zero-order chi connectivity index (χ0) is 21.2. The Morgan fingerprint density at radius 2 is 1.86 bits per heavy atom. The second-order valence-electron chi connectivity index (χ2n) is 9.29. The summed E-state index contributed by atoms with van der Waals surface area (Å²) < 4.78 is 0. The van der Waals surface area contributed by atoms with E-state index in [1.807, 2.05) is 12.1 Å². The van der Waals surface area contributed by atoms with Gasteiger partial charge in [0.1, 0.15) is 0 Å². The Labute approximate surface area is 171 Å². The molecule has 0 saturated carbocycles. The van der Waals surface area contributed by atoms with Crippen LogP contribution in [0.4, 0.5) is 11.6 Å². The highest BCUT2D eigenvalue weighted by Crippen LogP contribution is 2.38. The zero-order valence-corrected chi connectivity index (χ0v) is 17.9. The molecule has 3 rings (SSSR count). The number of hydrogen-bond acceptors (Lipinski definition) is 5. The van der Waals surface area contributed by atoms with Crippen LogP contribution in [0.1, 0.15) is 58.3 Å². The lowest BCUT2D eigenvalue weighted by Crippen LogP contribution is -2.20. The van der Waals surface area contributed by atoms with E-state index in [1.165, 1.54) is 11.1 Å². The molecule has 0 fully saturated rings. The van der Waals surface area contributed by atoms with E-state index < -0.39 is 0 Å². The van der Waals surface area contributed by atoms with Gasteiger partial charge in [-0.1, -0.05) is 64.4 Å². The lowest BCUT2D eigenvalue weighted by atomic mass is 9.75. The highest BCUT2D eigenvalue weighted by molar-refractivity contribution is 6.04. The average molecular weight is 393 g/mol. The molecule has 0 saturated heterocycles. The minimum absolute atomic E-state index is 0.0318. The van der Waals surface area contributed by atoms with Crippen LogP contribution in [0.25, 0.3) is 0 Å². The zero-order valence-electron chi connectivity index (χ0n) is 17.9. The number of carbonyl (C=O) groups excluding carboxylic acids is 1. The van der Waals surface area contributed by atoms with Gasteiger partial charge in [-0.05, 0) is 45.9 Å². The molecule has 1 heterocycles. The summed E-state index contributed by atoms with van der Waals surface area (Å²) in [5.74, 6) is -0.171. The van der Waals surface area contributed by atoms with Gasteiger partial charge in [0.25, 0.3) is 11.9 Å². The number of aliphatic imine (C=N–C) groups is 1. The number of carbonyl (C=O) groups is 1. The third-order valence-corrected chi connectivity index (χ3v) is 4.80. The topological polar surface area (TPSA) is 95.9 Å². The van der Waals surface area contributed by atoms with Crippen LogP contribution >= 0.6 is 0 Å². The third-order valence-electron chi connectivity index (χ3n) is 4.80. The van der Waals surface area contributed by atoms with Gasteiger partial charge in [0.2, 0.25) is 0 Å². The van der Waals surface area contributed by atoms with E-state index >= 15 is 0 Å². The fraction of sp³-hybridized carbons (Fsp3) is 0.409. The Bertz CT molecular complexity index is 985. The van der Waals surface area contributed by atoms with Crippen LogP contribution in [0.5, 0.6) is 0 Å². The summed E-state index contributed by atoms with van der Waals surface area (Å²) >= 11 is 0. The van der Waals surface area contributed by atoms with Crippen molar-refractivity contribution in [3.05, 3.63) is 53.1 Å². The van der Waals surface area contributed by atoms with Crippen molar-refractivity contribution < 1.29 is 4.79 Å². The third kappa shape index (κ3) is 5.25. The molecular weight excluding hydrogens is 364 g/mol. The summed E-state index contributed by atoms with van der Waals surface area (Å²) in [7, 11) is 0. The van der Waals surface area contributed by atoms with E-state index in [9.17, 15) is 4.79 Å². The maximum absolute atomic E-state index is 12.4. The van der Waals surface area contributed by atoms with Crippen LogP contribution in [-0.2, 0) is 0 Å². The molecule has 0 atom stereocenters. The number of benzene rings is 1. The predicted molar refractivity (Wildman–Crippen MR) is 115 cm³/mol. The smallest absolute Gasteiger partial charge is 0.270 e. The van der Waals surface area contributed by atoms with E-state index in [0.29, 0.717) is 5.56 Å². The molecule has 1 aromatic heterocycles. The van der Waals surface area contributed by atoms with Crippen LogP contribution in [0.3, 0.4) is 0 Å². The molecule has 2 aromatic rings. The van der Waals surface area contributed by atoms with Crippen molar-refractivity contribution in [2.24, 2.45) is 15.8 Å². The maximum Gasteiger partial charge on any atom is 0.270 e. The van der Waals surface area contributed by atoms with Crippen molar-refractivity contribution in [1.82, 2.24) is 20.6 Å². The molecular formula is C22H28N6O. The molecule has 0 bridgehead atoms. The number of nitrogens with zero attached hydrogens (tertiary/aromatic N) is 4. The van der Waals surface area contributed by atoms with Crippen molar-refractivity contribution >= 4 is 23.3 Å². The summed E-state index contributed by atoms with van der Waals surface area (Å²) in [5.41, 5.74) is 4.94. The van der Waals surface area contributed by atoms with E-state index in [2.05, 4.69) is 79.6 Å². The number of allylic oxidation sites excluding steroid dienone is 4. The molecule has 0 aliphatic heterocycles. The van der Waals surface area contributed by atoms with Gasteiger partial charge < -0.3 is 0 Å². The number of aromatic amines is 1. The van der Waals surface area contributed by atoms with Crippen molar-refractivity contribution in [2.75, 3.05) is 5.32 Å². The number of amides is 1. The standard InChI is InChI=1S/C22H28N6O/c1-21(2,3)15-11-16(22(4,5)6)13-18(12-15)23-17-9-7-8-14(10-17)19(29)24-20-25-27-28-26-20/h7-12H,13H2,1-6H3,(H2,24,25,26,27,28,29). The molecule has 152 valence electrons. The molecule has 0 radical (unpaired) electrons. The van der Waals surface area contributed by atoms with Gasteiger partial charge in [0.05, 0.1) is 5.69 Å². The highest BCUT2D eigenvalue weighted by Gasteiger charge is 2.26. The molecule has 0 spiro atoms. The Balaban J connectivity index is 1.90. The minimum Gasteiger partial charge on any atom is -0.288 e. The second kappa shape index (κ2) is 7.73. The monoisotopic (exact) mass is 392 g/mol. The first kappa shape index (κ1) is 20.6. The van der Waals surface area contributed by atoms with E-state index in [1.54, 1.807) is 12.1 Å². The van der Waals surface area contributed by atoms with Crippen molar-refractivity contribution in [3.8, 4) is 0 Å². The van der Waals surface area contributed by atoms with Crippen LogP contribution < -0.4 is 5.32 Å². The number of hydrogen-bond donors (Lipinski definition) is 2. The molecule has 1 aliphatic carbocycles. The Hall–Kier alpha value is -3.09. The van der Waals surface area contributed by atoms with Crippen LogP contribution in [0.2, 0.25) is 0 Å². The summed E-state index contributed by atoms with van der Waals surface area (Å²) in [5, 5.41) is 15.8. The van der Waals surface area contributed by atoms with Gasteiger partial charge in [-0.2, -0.15) is 5.21 Å². The first-order chi connectivity index (χ1) is 13.5. The van der Waals surface area contributed by atoms with Gasteiger partial charge in [0.15, 0.2) is 0 Å². The fourth-order valence-corrected chi connectivity index (χ4v) is 2.96. The largest absolute Gasteiger partial charge is 0.288 e. The maximum atomic E-state index is 12.4. The van der Waals surface area contributed by atoms with Crippen LogP contribution in [0, 0.1) is 10.8 Å². The Morgan fingerprint density at radius 1 is 1.10 bits per heavy atom. The summed E-state index contributed by atoms with van der Waals surface area (Å²) in [6.07, 6.45) is 5.28. The summed E-state index contributed by atoms with van der Waals surface area (Å²) in [6, 6.07) is 7.22. The Kier molecular flexibility index (Phi) is 5.50. The molecule has 0 unspecified atom stereocenters. The molecule has 1 amide bonds. The summed E-state index contributed by atoms with van der Waals surface area (Å²) in [6.45, 7) is 13.3. The normalized spacial score (nSPS) is 16.4. The lowest BCUT2D eigenvalue weighted by molar-refractivity contribution is 0.102. The van der Waals surface area contributed by atoms with Crippen molar-refractivity contribution in [3.63, 3.8) is 0 Å². The molecule has 7 heteroatoms. The highest BCUT2D eigenvalue weighted by atomic mass is 16.1. The van der Waals surface area contributed by atoms with E-state index in [0.717, 1.165) is 17.8 Å². The predicted octanol–water partition coefficient (Wildman–Crippen LogP) is 4.87. The summed E-state index contributed by atoms with van der Waals surface area (Å²) in [4.78, 5) is 17.3. The van der Waals surface area contributed by atoms with E-state index in [4.69, 9.17) is 4.99 Å². The van der Waals surface area contributed by atoms with Gasteiger partial charge in [-0.25, -0.2) is 0 Å². The molecule has 1 aromatic carbocycles. The number of nitrogens with one attached hydrogen (secondary N) is 2. The number of tetrazole rings is 1. The average Bonchev–Trinajstić information content (AvgIpc) is 3.13. The first-order valence-corrected chi connectivity index (χ1v) is 9.68. The fourth-order valence-electron chi connectivity index (χ4n) is 2.96. The SMILES string of the molecule is CC(C)(C)C1=CC(=Nc2cccc(C(=O)Nc3nn[nH]n3)c2)CC(C(C)(C)C)=C1. The Morgan fingerprint density at radius 3 is 2.48 bits per heavy atom. The number of rotatable bonds is 3. The number of anilines is 1. The van der Waals surface area contributed by atoms with Gasteiger partial charge in [-0.3, -0.25) is 15.1 Å². The lowest BCUT2D eigenvalue weighted by Gasteiger charge is -2.31. The quantitative estimate of drug-likeness (QED) is 0.778. The van der Waals surface area contributed by atoms with E-state index in [-0.39, 0.29) is 22.7 Å². The molecule has 7 nitrogen and oxygen atoms in total. The molecule has 29 heavy (non-hydrogen) atoms. The van der Waals surface area contributed by atoms with Crippen LogP contribution in [-0.4, -0.2) is 32.2 Å². The van der Waals surface area contributed by atoms with Crippen molar-refractivity contribution in [2.45, 2.75) is 48.0 Å². The van der Waals surface area contributed by atoms with Gasteiger partial charge in [0, 0.05) is 17.7 Å². The number of H-pyrrole nitrogens is 1. The van der Waals surface area contributed by atoms with Crippen molar-refractivity contribution in [1.29, 1.82) is 0 Å². The molecule has 2 N–H and O–H groups in total. The minimum atomic E-state index is -0.307. The first-order valence-electron chi connectivity index (χ1n) is 9.68. The second-order valence-corrected chi connectivity index (χ2v) is 9.29. The number of aromatic nitrogens is 4. The van der Waals surface area contributed by atoms with Crippen LogP contribution in [0.15, 0.2) is 52.6 Å².